The van der Waals surface area contributed by atoms with Crippen LogP contribution in [-0.2, 0) is 11.3 Å². The number of carbonyl (C=O) groups is 1. The van der Waals surface area contributed by atoms with Crippen LogP contribution in [0.4, 0.5) is 5.69 Å². The summed E-state index contributed by atoms with van der Waals surface area (Å²) in [6.45, 7) is 6.26. The fourth-order valence-electron chi connectivity index (χ4n) is 3.21. The molecule has 0 aliphatic carbocycles. The van der Waals surface area contributed by atoms with Crippen molar-refractivity contribution in [1.29, 1.82) is 0 Å². The van der Waals surface area contributed by atoms with Gasteiger partial charge in [-0.2, -0.15) is 0 Å². The highest BCUT2D eigenvalue weighted by atomic mass is 79.9. The second-order valence-corrected chi connectivity index (χ2v) is 8.12. The largest absolute Gasteiger partial charge is 0.496 e. The van der Waals surface area contributed by atoms with Gasteiger partial charge in [-0.15, -0.1) is 0 Å². The monoisotopic (exact) mass is 477 g/mol. The highest BCUT2D eigenvalue weighted by molar-refractivity contribution is 9.10. The van der Waals surface area contributed by atoms with Gasteiger partial charge in [0.2, 0.25) is 0 Å². The third-order valence-corrected chi connectivity index (χ3v) is 5.30. The number of nitrogens with one attached hydrogen (secondary N) is 2. The van der Waals surface area contributed by atoms with Crippen molar-refractivity contribution in [3.8, 4) is 5.75 Å². The summed E-state index contributed by atoms with van der Waals surface area (Å²) in [4.78, 5) is 15.0. The topological polar surface area (TPSA) is 62.8 Å². The van der Waals surface area contributed by atoms with Crippen LogP contribution in [0.3, 0.4) is 0 Å². The Hall–Kier alpha value is -2.00. The molecule has 1 aliphatic heterocycles. The van der Waals surface area contributed by atoms with Gasteiger partial charge in [-0.05, 0) is 54.5 Å². The van der Waals surface area contributed by atoms with Crippen LogP contribution >= 0.6 is 28.1 Å². The number of anilines is 1. The molecule has 1 aliphatic rings. The Balaban J connectivity index is 1.58. The minimum atomic E-state index is -0.326. The predicted molar refractivity (Wildman–Crippen MR) is 122 cm³/mol. The maximum atomic E-state index is 12.6. The van der Waals surface area contributed by atoms with Gasteiger partial charge >= 0.3 is 0 Å². The lowest BCUT2D eigenvalue weighted by molar-refractivity contribution is 0.0342. The first-order valence-corrected chi connectivity index (χ1v) is 10.5. The van der Waals surface area contributed by atoms with E-state index in [1.54, 1.807) is 13.2 Å². The summed E-state index contributed by atoms with van der Waals surface area (Å²) in [6.07, 6.45) is 0. The summed E-state index contributed by atoms with van der Waals surface area (Å²) < 4.78 is 11.6. The molecule has 6 nitrogen and oxygen atoms in total. The molecule has 154 valence electrons. The number of thiocarbonyl (C=S) groups is 1. The molecule has 1 fully saturated rings. The molecule has 1 amide bonds. The molecule has 8 heteroatoms. The van der Waals surface area contributed by atoms with Crippen molar-refractivity contribution in [1.82, 2.24) is 10.2 Å². The zero-order valence-electron chi connectivity index (χ0n) is 16.5. The number of halogens is 1. The number of benzene rings is 2. The van der Waals surface area contributed by atoms with E-state index >= 15 is 0 Å². The van der Waals surface area contributed by atoms with Crippen molar-refractivity contribution in [3.63, 3.8) is 0 Å². The minimum absolute atomic E-state index is 0.232. The second kappa shape index (κ2) is 10.2. The van der Waals surface area contributed by atoms with E-state index in [9.17, 15) is 4.79 Å². The molecule has 1 heterocycles. The van der Waals surface area contributed by atoms with E-state index in [-0.39, 0.29) is 11.0 Å². The maximum absolute atomic E-state index is 12.6. The Kier molecular flexibility index (Phi) is 7.60. The van der Waals surface area contributed by atoms with Crippen molar-refractivity contribution in [2.45, 2.75) is 13.5 Å². The van der Waals surface area contributed by atoms with Crippen molar-refractivity contribution in [2.24, 2.45) is 0 Å². The van der Waals surface area contributed by atoms with Crippen LogP contribution in [0.15, 0.2) is 40.9 Å². The molecule has 2 N–H and O–H groups in total. The SMILES string of the molecule is COc1c(C)cc(Br)cc1C(=O)NC(=S)Nc1ccc(CN2CCOCC2)cc1. The highest BCUT2D eigenvalue weighted by Crippen LogP contribution is 2.27. The van der Waals surface area contributed by atoms with Gasteiger partial charge in [-0.25, -0.2) is 0 Å². The van der Waals surface area contributed by atoms with Crippen molar-refractivity contribution < 1.29 is 14.3 Å². The van der Waals surface area contributed by atoms with Crippen LogP contribution in [-0.4, -0.2) is 49.3 Å². The predicted octanol–water partition coefficient (Wildman–Crippen LogP) is 3.73. The quantitative estimate of drug-likeness (QED) is 0.639. The number of aryl methyl sites for hydroxylation is 1. The lowest BCUT2D eigenvalue weighted by Crippen LogP contribution is -2.35. The third kappa shape index (κ3) is 5.99. The summed E-state index contributed by atoms with van der Waals surface area (Å²) >= 11 is 8.72. The maximum Gasteiger partial charge on any atom is 0.261 e. The van der Waals surface area contributed by atoms with Crippen molar-refractivity contribution in [2.75, 3.05) is 38.7 Å². The highest BCUT2D eigenvalue weighted by Gasteiger charge is 2.17. The number of methoxy groups -OCH3 is 1. The van der Waals surface area contributed by atoms with Gasteiger partial charge in [0.15, 0.2) is 5.11 Å². The number of morpholine rings is 1. The molecular weight excluding hydrogens is 454 g/mol. The van der Waals surface area contributed by atoms with Gasteiger partial charge in [0.05, 0.1) is 25.9 Å². The zero-order valence-corrected chi connectivity index (χ0v) is 18.9. The molecule has 2 aromatic carbocycles. The van der Waals surface area contributed by atoms with Crippen LogP contribution in [0, 0.1) is 6.92 Å². The first kappa shape index (κ1) is 21.7. The van der Waals surface area contributed by atoms with Gasteiger partial charge in [0.25, 0.3) is 5.91 Å². The number of hydrogen-bond donors (Lipinski definition) is 2. The molecule has 0 aromatic heterocycles. The van der Waals surface area contributed by atoms with Gasteiger partial charge in [0, 0.05) is 29.8 Å². The van der Waals surface area contributed by atoms with Crippen LogP contribution < -0.4 is 15.4 Å². The van der Waals surface area contributed by atoms with Crippen LogP contribution in [0.25, 0.3) is 0 Å². The Morgan fingerprint density at radius 1 is 1.24 bits per heavy atom. The van der Waals surface area contributed by atoms with E-state index in [2.05, 4.69) is 43.6 Å². The van der Waals surface area contributed by atoms with Gasteiger partial charge in [-0.1, -0.05) is 28.1 Å². The molecule has 0 bridgehead atoms. The summed E-state index contributed by atoms with van der Waals surface area (Å²) in [6, 6.07) is 11.6. The Morgan fingerprint density at radius 2 is 1.93 bits per heavy atom. The van der Waals surface area contributed by atoms with Crippen molar-refractivity contribution in [3.05, 3.63) is 57.6 Å². The Morgan fingerprint density at radius 3 is 2.59 bits per heavy atom. The van der Waals surface area contributed by atoms with Gasteiger partial charge < -0.3 is 14.8 Å². The Labute approximate surface area is 184 Å². The Bertz CT molecular complexity index is 883. The standard InChI is InChI=1S/C21H24BrN3O3S/c1-14-11-16(22)12-18(19(14)27-2)20(26)24-21(29)23-17-5-3-15(4-6-17)13-25-7-9-28-10-8-25/h3-6,11-12H,7-10,13H2,1-2H3,(H2,23,24,26,29). The summed E-state index contributed by atoms with van der Waals surface area (Å²) in [7, 11) is 1.54. The number of amides is 1. The number of ether oxygens (including phenoxy) is 2. The lowest BCUT2D eigenvalue weighted by Gasteiger charge is -2.26. The smallest absolute Gasteiger partial charge is 0.261 e. The second-order valence-electron chi connectivity index (χ2n) is 6.80. The normalized spacial score (nSPS) is 14.3. The van der Waals surface area contributed by atoms with E-state index in [0.29, 0.717) is 11.3 Å². The zero-order chi connectivity index (χ0) is 20.8. The number of carbonyl (C=O) groups excluding carboxylic acids is 1. The number of nitrogens with zero attached hydrogens (tertiary/aromatic N) is 1. The number of hydrogen-bond acceptors (Lipinski definition) is 5. The van der Waals surface area contributed by atoms with E-state index in [1.165, 1.54) is 5.56 Å². The molecule has 0 spiro atoms. The molecule has 0 saturated carbocycles. The molecule has 0 radical (unpaired) electrons. The lowest BCUT2D eigenvalue weighted by atomic mass is 10.1. The number of rotatable bonds is 5. The van der Waals surface area contributed by atoms with Crippen LogP contribution in [0.2, 0.25) is 0 Å². The fraction of sp³-hybridized carbons (Fsp3) is 0.333. The molecule has 29 heavy (non-hydrogen) atoms. The summed E-state index contributed by atoms with van der Waals surface area (Å²) in [5.74, 6) is 0.202. The third-order valence-electron chi connectivity index (χ3n) is 4.64. The van der Waals surface area contributed by atoms with Crippen LogP contribution in [0.1, 0.15) is 21.5 Å². The van der Waals surface area contributed by atoms with Crippen molar-refractivity contribution >= 4 is 44.9 Å². The van der Waals surface area contributed by atoms with E-state index in [4.69, 9.17) is 21.7 Å². The van der Waals surface area contributed by atoms with Gasteiger partial charge in [0.1, 0.15) is 5.75 Å². The molecule has 0 atom stereocenters. The first-order valence-electron chi connectivity index (χ1n) is 9.32. The van der Waals surface area contributed by atoms with Gasteiger partial charge in [-0.3, -0.25) is 15.0 Å². The fourth-order valence-corrected chi connectivity index (χ4v) is 4.00. The average molecular weight is 478 g/mol. The van der Waals surface area contributed by atoms with E-state index in [0.717, 1.165) is 48.6 Å². The van der Waals surface area contributed by atoms with E-state index < -0.39 is 0 Å². The summed E-state index contributed by atoms with van der Waals surface area (Å²) in [5, 5.41) is 6.00. The first-order chi connectivity index (χ1) is 14.0. The molecule has 2 aromatic rings. The average Bonchev–Trinajstić information content (AvgIpc) is 2.69. The van der Waals surface area contributed by atoms with E-state index in [1.807, 2.05) is 25.1 Å². The molecular formula is C21H24BrN3O3S. The minimum Gasteiger partial charge on any atom is -0.496 e. The summed E-state index contributed by atoms with van der Waals surface area (Å²) in [5.41, 5.74) is 3.33. The molecule has 1 saturated heterocycles. The molecule has 3 rings (SSSR count). The van der Waals surface area contributed by atoms with Crippen LogP contribution in [0.5, 0.6) is 5.75 Å². The molecule has 0 unspecified atom stereocenters.